The van der Waals surface area contributed by atoms with Crippen molar-refractivity contribution in [2.75, 3.05) is 11.9 Å². The Balaban J connectivity index is 1.75. The predicted octanol–water partition coefficient (Wildman–Crippen LogP) is 3.48. The molecule has 138 valence electrons. The number of thioether (sulfide) groups is 1. The van der Waals surface area contributed by atoms with Crippen LogP contribution in [0.25, 0.3) is 0 Å². The fraction of sp³-hybridized carbons (Fsp3) is 0.350. The van der Waals surface area contributed by atoms with E-state index in [4.69, 9.17) is 0 Å². The van der Waals surface area contributed by atoms with Gasteiger partial charge in [-0.15, -0.1) is 11.8 Å². The van der Waals surface area contributed by atoms with Gasteiger partial charge in [0.25, 0.3) is 0 Å². The molecule has 2 N–H and O–H groups in total. The molecule has 0 aliphatic rings. The first-order valence-electron chi connectivity index (χ1n) is 8.69. The largest absolute Gasteiger partial charge is 0.355 e. The zero-order valence-corrected chi connectivity index (χ0v) is 16.0. The van der Waals surface area contributed by atoms with Gasteiger partial charge in [0.2, 0.25) is 11.8 Å². The quantitative estimate of drug-likeness (QED) is 0.708. The Hall–Kier alpha value is -2.34. The first-order chi connectivity index (χ1) is 12.6. The molecule has 0 bridgehead atoms. The molecule has 2 aromatic rings. The maximum Gasteiger partial charge on any atom is 0.233 e. The highest BCUT2D eigenvalue weighted by molar-refractivity contribution is 7.99. The topological polar surface area (TPSA) is 71.1 Å². The molecule has 0 fully saturated rings. The highest BCUT2D eigenvalue weighted by Crippen LogP contribution is 2.24. The van der Waals surface area contributed by atoms with Crippen LogP contribution >= 0.6 is 11.8 Å². The molecule has 5 nitrogen and oxygen atoms in total. The summed E-state index contributed by atoms with van der Waals surface area (Å²) in [7, 11) is 0. The summed E-state index contributed by atoms with van der Waals surface area (Å²) >= 11 is 1.63. The van der Waals surface area contributed by atoms with Gasteiger partial charge < -0.3 is 10.6 Å². The van der Waals surface area contributed by atoms with Crippen LogP contribution in [0.1, 0.15) is 25.8 Å². The smallest absolute Gasteiger partial charge is 0.233 e. The van der Waals surface area contributed by atoms with Crippen LogP contribution < -0.4 is 10.6 Å². The van der Waals surface area contributed by atoms with Crippen molar-refractivity contribution >= 4 is 29.3 Å². The Morgan fingerprint density at radius 3 is 2.54 bits per heavy atom. The summed E-state index contributed by atoms with van der Waals surface area (Å²) in [5, 5.41) is 5.50. The van der Waals surface area contributed by atoms with Crippen LogP contribution in [0.15, 0.2) is 54.9 Å². The van der Waals surface area contributed by atoms with Crippen molar-refractivity contribution in [2.45, 2.75) is 31.3 Å². The third-order valence-electron chi connectivity index (χ3n) is 3.73. The molecule has 0 radical (unpaired) electrons. The third kappa shape index (κ3) is 6.88. The lowest BCUT2D eigenvalue weighted by atomic mass is 10.1. The number of carbonyl (C=O) groups is 2. The maximum absolute atomic E-state index is 12.5. The number of nitrogens with zero attached hydrogens (tertiary/aromatic N) is 1. The van der Waals surface area contributed by atoms with Crippen LogP contribution in [0.4, 0.5) is 5.69 Å². The van der Waals surface area contributed by atoms with Crippen molar-refractivity contribution in [3.05, 3.63) is 60.4 Å². The molecule has 2 rings (SSSR count). The normalized spacial score (nSPS) is 11.8. The summed E-state index contributed by atoms with van der Waals surface area (Å²) in [4.78, 5) is 28.3. The van der Waals surface area contributed by atoms with E-state index in [0.717, 1.165) is 5.75 Å². The van der Waals surface area contributed by atoms with Crippen LogP contribution in [0, 0.1) is 5.92 Å². The highest BCUT2D eigenvalue weighted by Gasteiger charge is 2.22. The number of nitrogens with one attached hydrogen (secondary N) is 2. The van der Waals surface area contributed by atoms with Crippen molar-refractivity contribution in [1.29, 1.82) is 0 Å². The van der Waals surface area contributed by atoms with Gasteiger partial charge in [0.1, 0.15) is 0 Å². The van der Waals surface area contributed by atoms with Gasteiger partial charge in [-0.1, -0.05) is 44.2 Å². The van der Waals surface area contributed by atoms with E-state index in [1.54, 1.807) is 36.3 Å². The molecule has 2 amide bonds. The van der Waals surface area contributed by atoms with Gasteiger partial charge in [0, 0.05) is 24.9 Å². The molecule has 1 aromatic heterocycles. The molecule has 0 aliphatic heterocycles. The van der Waals surface area contributed by atoms with Crippen LogP contribution in [-0.2, 0) is 15.3 Å². The van der Waals surface area contributed by atoms with E-state index < -0.39 is 0 Å². The molecule has 0 saturated heterocycles. The minimum Gasteiger partial charge on any atom is -0.355 e. The van der Waals surface area contributed by atoms with Crippen LogP contribution in [0.5, 0.6) is 0 Å². The third-order valence-corrected chi connectivity index (χ3v) is 5.35. The van der Waals surface area contributed by atoms with Crippen LogP contribution in [0.2, 0.25) is 0 Å². The summed E-state index contributed by atoms with van der Waals surface area (Å²) in [6.07, 6.45) is 3.47. The van der Waals surface area contributed by atoms with Gasteiger partial charge in [-0.25, -0.2) is 0 Å². The van der Waals surface area contributed by atoms with Crippen LogP contribution in [-0.4, -0.2) is 28.6 Å². The molecule has 6 heteroatoms. The molecular weight excluding hydrogens is 346 g/mol. The lowest BCUT2D eigenvalue weighted by Gasteiger charge is -2.20. The Morgan fingerprint density at radius 2 is 1.88 bits per heavy atom. The minimum absolute atomic E-state index is 0.0184. The van der Waals surface area contributed by atoms with E-state index in [1.807, 2.05) is 32.0 Å². The molecule has 1 atom stereocenters. The van der Waals surface area contributed by atoms with Gasteiger partial charge in [-0.05, 0) is 23.6 Å². The van der Waals surface area contributed by atoms with E-state index in [2.05, 4.69) is 27.8 Å². The van der Waals surface area contributed by atoms with Gasteiger partial charge in [0.15, 0.2) is 0 Å². The number of rotatable bonds is 9. The SMILES string of the molecule is CC(C)C(SCc1ccccc1)C(=O)NCCC(=O)Nc1cccnc1. The maximum atomic E-state index is 12.5. The predicted molar refractivity (Wildman–Crippen MR) is 107 cm³/mol. The van der Waals surface area contributed by atoms with E-state index in [0.29, 0.717) is 12.2 Å². The summed E-state index contributed by atoms with van der Waals surface area (Å²) in [5.74, 6) is 0.845. The number of amides is 2. The molecular formula is C20H25N3O2S. The molecule has 1 heterocycles. The Kier molecular flexibility index (Phi) is 8.15. The number of benzene rings is 1. The average Bonchev–Trinajstić information content (AvgIpc) is 2.63. The summed E-state index contributed by atoms with van der Waals surface area (Å²) < 4.78 is 0. The average molecular weight is 372 g/mol. The first kappa shape index (κ1) is 20.0. The minimum atomic E-state index is -0.142. The zero-order valence-electron chi connectivity index (χ0n) is 15.1. The second-order valence-corrected chi connectivity index (χ2v) is 7.42. The Labute approximate surface area is 159 Å². The van der Waals surface area contributed by atoms with E-state index in [1.165, 1.54) is 5.56 Å². The van der Waals surface area contributed by atoms with Crippen molar-refractivity contribution in [3.8, 4) is 0 Å². The lowest BCUT2D eigenvalue weighted by Crippen LogP contribution is -2.37. The Morgan fingerprint density at radius 1 is 1.12 bits per heavy atom. The van der Waals surface area contributed by atoms with Crippen molar-refractivity contribution in [1.82, 2.24) is 10.3 Å². The van der Waals surface area contributed by atoms with Gasteiger partial charge in [-0.2, -0.15) is 0 Å². The fourth-order valence-electron chi connectivity index (χ4n) is 2.39. The lowest BCUT2D eigenvalue weighted by molar-refractivity contribution is -0.121. The van der Waals surface area contributed by atoms with Gasteiger partial charge in [-0.3, -0.25) is 14.6 Å². The van der Waals surface area contributed by atoms with Crippen molar-refractivity contribution in [3.63, 3.8) is 0 Å². The molecule has 0 saturated carbocycles. The zero-order chi connectivity index (χ0) is 18.8. The molecule has 26 heavy (non-hydrogen) atoms. The standard InChI is InChI=1S/C20H25N3O2S/c1-15(2)19(26-14-16-7-4-3-5-8-16)20(25)22-12-10-18(24)23-17-9-6-11-21-13-17/h3-9,11,13,15,19H,10,12,14H2,1-2H3,(H,22,25)(H,23,24). The van der Waals surface area contributed by atoms with Gasteiger partial charge >= 0.3 is 0 Å². The number of hydrogen-bond donors (Lipinski definition) is 2. The van der Waals surface area contributed by atoms with Crippen LogP contribution in [0.3, 0.4) is 0 Å². The number of carbonyl (C=O) groups excluding carboxylic acids is 2. The van der Waals surface area contributed by atoms with E-state index in [-0.39, 0.29) is 29.4 Å². The molecule has 0 spiro atoms. The van der Waals surface area contributed by atoms with Gasteiger partial charge in [0.05, 0.1) is 17.1 Å². The summed E-state index contributed by atoms with van der Waals surface area (Å²) in [6.45, 7) is 4.40. The fourth-order valence-corrected chi connectivity index (χ4v) is 3.58. The molecule has 1 unspecified atom stereocenters. The van der Waals surface area contributed by atoms with Crippen molar-refractivity contribution in [2.24, 2.45) is 5.92 Å². The monoisotopic (exact) mass is 371 g/mol. The van der Waals surface area contributed by atoms with Crippen molar-refractivity contribution < 1.29 is 9.59 Å². The van der Waals surface area contributed by atoms with E-state index >= 15 is 0 Å². The molecule has 0 aliphatic carbocycles. The first-order valence-corrected chi connectivity index (χ1v) is 9.74. The molecule has 1 aromatic carbocycles. The second-order valence-electron chi connectivity index (χ2n) is 6.29. The number of aromatic nitrogens is 1. The number of hydrogen-bond acceptors (Lipinski definition) is 4. The summed E-state index contributed by atoms with van der Waals surface area (Å²) in [5.41, 5.74) is 1.86. The highest BCUT2D eigenvalue weighted by atomic mass is 32.2. The Bertz CT molecular complexity index is 693. The summed E-state index contributed by atoms with van der Waals surface area (Å²) in [6, 6.07) is 13.6. The second kappa shape index (κ2) is 10.6. The number of anilines is 1. The number of pyridine rings is 1. The van der Waals surface area contributed by atoms with E-state index in [9.17, 15) is 9.59 Å².